The van der Waals surface area contributed by atoms with Crippen LogP contribution < -0.4 is 10.1 Å². The van der Waals surface area contributed by atoms with Crippen molar-refractivity contribution in [2.24, 2.45) is 5.92 Å². The average molecular weight is 328 g/mol. The van der Waals surface area contributed by atoms with Crippen LogP contribution in [0.15, 0.2) is 48.8 Å². The van der Waals surface area contributed by atoms with Gasteiger partial charge in [-0.25, -0.2) is 4.79 Å². The van der Waals surface area contributed by atoms with E-state index in [4.69, 9.17) is 4.74 Å². The quantitative estimate of drug-likeness (QED) is 0.815. The molecule has 6 nitrogen and oxygen atoms in total. The van der Waals surface area contributed by atoms with Crippen molar-refractivity contribution in [3.05, 3.63) is 54.4 Å². The lowest BCUT2D eigenvalue weighted by molar-refractivity contribution is -0.139. The summed E-state index contributed by atoms with van der Waals surface area (Å²) in [6.07, 6.45) is 3.58. The van der Waals surface area contributed by atoms with Crippen LogP contribution >= 0.6 is 0 Å². The van der Waals surface area contributed by atoms with E-state index in [1.165, 1.54) is 0 Å². The van der Waals surface area contributed by atoms with Crippen molar-refractivity contribution in [2.75, 3.05) is 0 Å². The van der Waals surface area contributed by atoms with Gasteiger partial charge >= 0.3 is 5.97 Å². The SMILES string of the molecule is CC(C)C[C@@H](NC(=O)c1cccc(Oc2ccncc2)c1)C(=O)O. The minimum Gasteiger partial charge on any atom is -0.480 e. The molecule has 24 heavy (non-hydrogen) atoms. The van der Waals surface area contributed by atoms with Crippen molar-refractivity contribution in [2.45, 2.75) is 26.3 Å². The van der Waals surface area contributed by atoms with E-state index >= 15 is 0 Å². The number of nitrogens with zero attached hydrogens (tertiary/aromatic N) is 1. The number of carbonyl (C=O) groups excluding carboxylic acids is 1. The van der Waals surface area contributed by atoms with E-state index in [1.807, 2.05) is 13.8 Å². The van der Waals surface area contributed by atoms with Gasteiger partial charge in [-0.1, -0.05) is 19.9 Å². The Hall–Kier alpha value is -2.89. The fourth-order valence-electron chi connectivity index (χ4n) is 2.18. The molecular weight excluding hydrogens is 308 g/mol. The van der Waals surface area contributed by atoms with E-state index in [9.17, 15) is 14.7 Å². The lowest BCUT2D eigenvalue weighted by atomic mass is 10.0. The first-order valence-corrected chi connectivity index (χ1v) is 7.67. The van der Waals surface area contributed by atoms with Crippen LogP contribution in [0.1, 0.15) is 30.6 Å². The molecule has 2 aromatic rings. The zero-order valence-corrected chi connectivity index (χ0v) is 13.6. The molecule has 0 fully saturated rings. The normalized spacial score (nSPS) is 11.8. The number of ether oxygens (including phenoxy) is 1. The second-order valence-corrected chi connectivity index (χ2v) is 5.81. The molecule has 6 heteroatoms. The molecule has 0 aliphatic heterocycles. The highest BCUT2D eigenvalue weighted by atomic mass is 16.5. The summed E-state index contributed by atoms with van der Waals surface area (Å²) < 4.78 is 5.65. The molecule has 0 spiro atoms. The van der Waals surface area contributed by atoms with E-state index < -0.39 is 17.9 Å². The van der Waals surface area contributed by atoms with Gasteiger partial charge in [-0.3, -0.25) is 9.78 Å². The summed E-state index contributed by atoms with van der Waals surface area (Å²) in [5, 5.41) is 11.8. The van der Waals surface area contributed by atoms with Gasteiger partial charge in [0.2, 0.25) is 0 Å². The first kappa shape index (κ1) is 17.5. The monoisotopic (exact) mass is 328 g/mol. The van der Waals surface area contributed by atoms with Crippen molar-refractivity contribution >= 4 is 11.9 Å². The Balaban J connectivity index is 2.09. The second-order valence-electron chi connectivity index (χ2n) is 5.81. The predicted molar refractivity (Wildman–Crippen MR) is 89.1 cm³/mol. The number of pyridine rings is 1. The Bertz CT molecular complexity index is 701. The number of rotatable bonds is 7. The van der Waals surface area contributed by atoms with E-state index in [0.717, 1.165) is 0 Å². The number of nitrogens with one attached hydrogen (secondary N) is 1. The smallest absolute Gasteiger partial charge is 0.326 e. The van der Waals surface area contributed by atoms with Crippen molar-refractivity contribution in [1.82, 2.24) is 10.3 Å². The van der Waals surface area contributed by atoms with Crippen LogP contribution in [0.25, 0.3) is 0 Å². The summed E-state index contributed by atoms with van der Waals surface area (Å²) in [5.74, 6) is -0.229. The fourth-order valence-corrected chi connectivity index (χ4v) is 2.18. The third-order valence-electron chi connectivity index (χ3n) is 3.29. The van der Waals surface area contributed by atoms with Gasteiger partial charge in [0, 0.05) is 18.0 Å². The third-order valence-corrected chi connectivity index (χ3v) is 3.29. The summed E-state index contributed by atoms with van der Waals surface area (Å²) in [6.45, 7) is 3.82. The Kier molecular flexibility index (Phi) is 5.89. The third kappa shape index (κ3) is 5.08. The Morgan fingerprint density at radius 2 is 1.88 bits per heavy atom. The van der Waals surface area contributed by atoms with Crippen LogP contribution in [-0.4, -0.2) is 28.0 Å². The fraction of sp³-hybridized carbons (Fsp3) is 0.278. The summed E-state index contributed by atoms with van der Waals surface area (Å²) >= 11 is 0. The Morgan fingerprint density at radius 3 is 2.50 bits per heavy atom. The van der Waals surface area contributed by atoms with Gasteiger partial charge in [0.15, 0.2) is 0 Å². The molecule has 2 rings (SSSR count). The van der Waals surface area contributed by atoms with Crippen LogP contribution in [0.5, 0.6) is 11.5 Å². The van der Waals surface area contributed by atoms with Crippen molar-refractivity contribution in [3.8, 4) is 11.5 Å². The molecule has 0 aliphatic rings. The van der Waals surface area contributed by atoms with Crippen molar-refractivity contribution in [1.29, 1.82) is 0 Å². The maximum absolute atomic E-state index is 12.3. The van der Waals surface area contributed by atoms with Gasteiger partial charge in [-0.15, -0.1) is 0 Å². The minimum atomic E-state index is -1.04. The lowest BCUT2D eigenvalue weighted by Gasteiger charge is -2.16. The summed E-state index contributed by atoms with van der Waals surface area (Å²) in [4.78, 5) is 27.5. The van der Waals surface area contributed by atoms with Crippen LogP contribution in [-0.2, 0) is 4.79 Å². The van der Waals surface area contributed by atoms with Crippen LogP contribution in [0.3, 0.4) is 0 Å². The zero-order valence-electron chi connectivity index (χ0n) is 13.6. The van der Waals surface area contributed by atoms with E-state index in [0.29, 0.717) is 23.5 Å². The molecule has 1 aromatic heterocycles. The van der Waals surface area contributed by atoms with Crippen LogP contribution in [0.4, 0.5) is 0 Å². The molecule has 0 aliphatic carbocycles. The first-order valence-electron chi connectivity index (χ1n) is 7.67. The highest BCUT2D eigenvalue weighted by Crippen LogP contribution is 2.21. The van der Waals surface area contributed by atoms with Crippen molar-refractivity contribution in [3.63, 3.8) is 0 Å². The molecule has 1 amide bonds. The second kappa shape index (κ2) is 8.10. The van der Waals surface area contributed by atoms with Crippen molar-refractivity contribution < 1.29 is 19.4 Å². The van der Waals surface area contributed by atoms with E-state index in [2.05, 4.69) is 10.3 Å². The summed E-state index contributed by atoms with van der Waals surface area (Å²) in [7, 11) is 0. The molecule has 0 radical (unpaired) electrons. The van der Waals surface area contributed by atoms with E-state index in [1.54, 1.807) is 48.8 Å². The highest BCUT2D eigenvalue weighted by molar-refractivity contribution is 5.96. The molecular formula is C18H20N2O4. The molecule has 1 atom stereocenters. The lowest BCUT2D eigenvalue weighted by Crippen LogP contribution is -2.41. The molecule has 2 N–H and O–H groups in total. The average Bonchev–Trinajstić information content (AvgIpc) is 2.55. The number of amides is 1. The number of aliphatic carboxylic acids is 1. The topological polar surface area (TPSA) is 88.5 Å². The molecule has 1 heterocycles. The summed E-state index contributed by atoms with van der Waals surface area (Å²) in [6, 6.07) is 9.09. The predicted octanol–water partition coefficient (Wildman–Crippen LogP) is 3.10. The largest absolute Gasteiger partial charge is 0.480 e. The number of benzene rings is 1. The number of hydrogen-bond donors (Lipinski definition) is 2. The van der Waals surface area contributed by atoms with Crippen LogP contribution in [0.2, 0.25) is 0 Å². The number of aromatic nitrogens is 1. The van der Waals surface area contributed by atoms with Crippen LogP contribution in [0, 0.1) is 5.92 Å². The molecule has 0 unspecified atom stereocenters. The summed E-state index contributed by atoms with van der Waals surface area (Å²) in [5.41, 5.74) is 0.344. The number of carboxylic acid groups (broad SMARTS) is 1. The van der Waals surface area contributed by atoms with Gasteiger partial charge in [0.05, 0.1) is 0 Å². The van der Waals surface area contributed by atoms with Gasteiger partial charge in [-0.2, -0.15) is 0 Å². The number of carbonyl (C=O) groups is 2. The maximum atomic E-state index is 12.3. The molecule has 0 saturated heterocycles. The maximum Gasteiger partial charge on any atom is 0.326 e. The van der Waals surface area contributed by atoms with Gasteiger partial charge < -0.3 is 15.2 Å². The number of hydrogen-bond acceptors (Lipinski definition) is 4. The zero-order chi connectivity index (χ0) is 17.5. The molecule has 126 valence electrons. The van der Waals surface area contributed by atoms with Gasteiger partial charge in [-0.05, 0) is 42.7 Å². The number of carboxylic acids is 1. The van der Waals surface area contributed by atoms with E-state index in [-0.39, 0.29) is 5.92 Å². The molecule has 0 saturated carbocycles. The highest BCUT2D eigenvalue weighted by Gasteiger charge is 2.21. The molecule has 0 bridgehead atoms. The van der Waals surface area contributed by atoms with Gasteiger partial charge in [0.25, 0.3) is 5.91 Å². The first-order chi connectivity index (χ1) is 11.5. The standard InChI is InChI=1S/C18H20N2O4/c1-12(2)10-16(18(22)23)20-17(21)13-4-3-5-15(11-13)24-14-6-8-19-9-7-14/h3-9,11-12,16H,10H2,1-2H3,(H,20,21)(H,22,23)/t16-/m1/s1. The van der Waals surface area contributed by atoms with Gasteiger partial charge in [0.1, 0.15) is 17.5 Å². The Morgan fingerprint density at radius 1 is 1.17 bits per heavy atom. The Labute approximate surface area is 140 Å². The molecule has 1 aromatic carbocycles. The minimum absolute atomic E-state index is 0.160.